The molecule has 1 aromatic carbocycles. The molecule has 2 N–H and O–H groups in total. The van der Waals surface area contributed by atoms with Crippen molar-refractivity contribution < 1.29 is 23.7 Å². The van der Waals surface area contributed by atoms with Crippen molar-refractivity contribution in [2.24, 2.45) is 0 Å². The van der Waals surface area contributed by atoms with Gasteiger partial charge < -0.3 is 14.9 Å². The number of alkyl halides is 2. The molecule has 0 amide bonds. The molecule has 0 spiro atoms. The number of nitrogens with zero attached hydrogens (tertiary/aromatic N) is 2. The van der Waals surface area contributed by atoms with Crippen LogP contribution in [0.3, 0.4) is 0 Å². The van der Waals surface area contributed by atoms with Crippen LogP contribution >= 0.6 is 11.6 Å². The lowest BCUT2D eigenvalue weighted by atomic mass is 10.1. The van der Waals surface area contributed by atoms with Crippen molar-refractivity contribution in [3.05, 3.63) is 28.9 Å². The summed E-state index contributed by atoms with van der Waals surface area (Å²) in [6.07, 6.45) is -0.0712. The fraction of sp³-hybridized carbons (Fsp3) is 0.562. The summed E-state index contributed by atoms with van der Waals surface area (Å²) in [4.78, 5) is 0. The van der Waals surface area contributed by atoms with Gasteiger partial charge in [-0.05, 0) is 31.4 Å². The number of hydrogen-bond donors (Lipinski definition) is 2. The maximum absolute atomic E-state index is 13.4. The minimum absolute atomic E-state index is 0.0814. The average Bonchev–Trinajstić information content (AvgIpc) is 2.96. The quantitative estimate of drug-likeness (QED) is 0.857. The molecule has 1 aromatic heterocycles. The van der Waals surface area contributed by atoms with Gasteiger partial charge in [-0.15, -0.1) is 0 Å². The topological polar surface area (TPSA) is 67.5 Å². The van der Waals surface area contributed by atoms with Crippen LogP contribution in [0.4, 0.5) is 8.78 Å². The normalized spacial score (nSPS) is 20.5. The molecule has 3 rings (SSSR count). The van der Waals surface area contributed by atoms with Gasteiger partial charge in [-0.3, -0.25) is 0 Å². The lowest BCUT2D eigenvalue weighted by Gasteiger charge is -2.23. The van der Waals surface area contributed by atoms with E-state index >= 15 is 0 Å². The Morgan fingerprint density at radius 2 is 2.21 bits per heavy atom. The number of aromatic nitrogens is 2. The Balaban J connectivity index is 2.04. The second kappa shape index (κ2) is 6.92. The predicted octanol–water partition coefficient (Wildman–Crippen LogP) is 3.44. The van der Waals surface area contributed by atoms with E-state index in [-0.39, 0.29) is 11.9 Å². The van der Waals surface area contributed by atoms with Gasteiger partial charge in [0, 0.05) is 18.4 Å². The number of fused-ring (bicyclic) bond motifs is 1. The van der Waals surface area contributed by atoms with E-state index in [4.69, 9.17) is 21.4 Å². The van der Waals surface area contributed by atoms with E-state index in [1.165, 1.54) is 0 Å². The van der Waals surface area contributed by atoms with Crippen LogP contribution in [-0.4, -0.2) is 39.1 Å². The van der Waals surface area contributed by atoms with E-state index < -0.39 is 25.1 Å². The van der Waals surface area contributed by atoms with Crippen LogP contribution in [0.1, 0.15) is 43.7 Å². The molecule has 1 fully saturated rings. The third kappa shape index (κ3) is 3.39. The molecule has 0 saturated carbocycles. The number of ether oxygens (including phenoxy) is 1. The number of rotatable bonds is 5. The fourth-order valence-corrected chi connectivity index (χ4v) is 3.26. The summed E-state index contributed by atoms with van der Waals surface area (Å²) >= 11 is 6.22. The predicted molar refractivity (Wildman–Crippen MR) is 85.2 cm³/mol. The zero-order chi connectivity index (χ0) is 17.3. The minimum Gasteiger partial charge on any atom is -0.390 e. The molecule has 2 heterocycles. The lowest BCUT2D eigenvalue weighted by molar-refractivity contribution is -0.0832. The summed E-state index contributed by atoms with van der Waals surface area (Å²) in [5, 5.41) is 24.1. The van der Waals surface area contributed by atoms with Gasteiger partial charge in [-0.25, -0.2) is 13.5 Å². The summed E-state index contributed by atoms with van der Waals surface area (Å²) in [7, 11) is 0. The fourth-order valence-electron chi connectivity index (χ4n) is 2.99. The molecular formula is C16H19ClF2N2O3. The molecule has 2 unspecified atom stereocenters. The van der Waals surface area contributed by atoms with Gasteiger partial charge in [-0.1, -0.05) is 17.7 Å². The van der Waals surface area contributed by atoms with Crippen LogP contribution in [0.5, 0.6) is 0 Å². The van der Waals surface area contributed by atoms with Crippen molar-refractivity contribution in [3.8, 4) is 0 Å². The molecule has 132 valence electrons. The van der Waals surface area contributed by atoms with Crippen molar-refractivity contribution in [2.75, 3.05) is 13.2 Å². The van der Waals surface area contributed by atoms with Crippen LogP contribution in [0.2, 0.25) is 5.02 Å². The molecule has 1 aliphatic rings. The van der Waals surface area contributed by atoms with Gasteiger partial charge in [0.1, 0.15) is 18.4 Å². The molecular weight excluding hydrogens is 342 g/mol. The van der Waals surface area contributed by atoms with E-state index in [2.05, 4.69) is 5.10 Å². The average molecular weight is 361 g/mol. The zero-order valence-corrected chi connectivity index (χ0v) is 13.7. The Bertz CT molecular complexity index is 717. The molecule has 1 aliphatic heterocycles. The van der Waals surface area contributed by atoms with Gasteiger partial charge in [0.05, 0.1) is 10.5 Å². The van der Waals surface area contributed by atoms with Crippen LogP contribution in [-0.2, 0) is 4.74 Å². The molecule has 2 aromatic rings. The van der Waals surface area contributed by atoms with E-state index in [0.29, 0.717) is 22.5 Å². The zero-order valence-electron chi connectivity index (χ0n) is 13.0. The third-order valence-corrected chi connectivity index (χ3v) is 4.49. The molecule has 1 saturated heterocycles. The van der Waals surface area contributed by atoms with Crippen LogP contribution in [0.25, 0.3) is 10.9 Å². The Morgan fingerprint density at radius 3 is 2.88 bits per heavy atom. The highest BCUT2D eigenvalue weighted by atomic mass is 35.5. The van der Waals surface area contributed by atoms with Gasteiger partial charge >= 0.3 is 0 Å². The second-order valence-corrected chi connectivity index (χ2v) is 6.43. The highest BCUT2D eigenvalue weighted by molar-refractivity contribution is 6.35. The first kappa shape index (κ1) is 17.5. The van der Waals surface area contributed by atoms with Crippen LogP contribution in [0.15, 0.2) is 18.2 Å². The Kier molecular flexibility index (Phi) is 5.05. The highest BCUT2D eigenvalue weighted by Gasteiger charge is 2.34. The standard InChI is InChI=1S/C16H19ClF2N2O3/c17-10-4-3-5-11-14(10)15(12(23)8-16(18,19)9-22)20-21(11)13-6-1-2-7-24-13/h3-5,12-13,22-23H,1-2,6-9H2. The van der Waals surface area contributed by atoms with Crippen molar-refractivity contribution >= 4 is 22.5 Å². The second-order valence-electron chi connectivity index (χ2n) is 6.02. The first-order valence-electron chi connectivity index (χ1n) is 7.88. The van der Waals surface area contributed by atoms with Gasteiger partial charge in [0.25, 0.3) is 5.92 Å². The minimum atomic E-state index is -3.39. The van der Waals surface area contributed by atoms with Gasteiger partial charge in [-0.2, -0.15) is 5.10 Å². The summed E-state index contributed by atoms with van der Waals surface area (Å²) < 4.78 is 34.2. The van der Waals surface area contributed by atoms with E-state index in [0.717, 1.165) is 19.3 Å². The SMILES string of the molecule is OCC(F)(F)CC(O)c1nn(C2CCCCO2)c2cccc(Cl)c12. The maximum atomic E-state index is 13.4. The smallest absolute Gasteiger partial charge is 0.273 e. The summed E-state index contributed by atoms with van der Waals surface area (Å²) in [6, 6.07) is 5.13. The first-order valence-corrected chi connectivity index (χ1v) is 8.26. The Labute approximate surface area is 142 Å². The number of aliphatic hydroxyl groups is 2. The van der Waals surface area contributed by atoms with Crippen LogP contribution in [0, 0.1) is 0 Å². The molecule has 5 nitrogen and oxygen atoms in total. The summed E-state index contributed by atoms with van der Waals surface area (Å²) in [5.41, 5.74) is 0.716. The largest absolute Gasteiger partial charge is 0.390 e. The Morgan fingerprint density at radius 1 is 1.42 bits per heavy atom. The van der Waals surface area contributed by atoms with E-state index in [1.807, 2.05) is 0 Å². The van der Waals surface area contributed by atoms with Crippen molar-refractivity contribution in [3.63, 3.8) is 0 Å². The molecule has 0 radical (unpaired) electrons. The highest BCUT2D eigenvalue weighted by Crippen LogP contribution is 2.37. The van der Waals surface area contributed by atoms with E-state index in [9.17, 15) is 13.9 Å². The number of benzene rings is 1. The van der Waals surface area contributed by atoms with Crippen molar-refractivity contribution in [2.45, 2.75) is 43.9 Å². The van der Waals surface area contributed by atoms with E-state index in [1.54, 1.807) is 22.9 Å². The molecule has 0 bridgehead atoms. The lowest BCUT2D eigenvalue weighted by Crippen LogP contribution is -2.25. The molecule has 2 atom stereocenters. The molecule has 0 aliphatic carbocycles. The Hall–Kier alpha value is -1.28. The third-order valence-electron chi connectivity index (χ3n) is 4.18. The van der Waals surface area contributed by atoms with Gasteiger partial charge in [0.2, 0.25) is 0 Å². The number of halogens is 3. The number of aliphatic hydroxyl groups excluding tert-OH is 2. The summed E-state index contributed by atoms with van der Waals surface area (Å²) in [6.45, 7) is -0.727. The van der Waals surface area contributed by atoms with Crippen molar-refractivity contribution in [1.82, 2.24) is 9.78 Å². The first-order chi connectivity index (χ1) is 11.4. The molecule has 8 heteroatoms. The van der Waals surface area contributed by atoms with Crippen LogP contribution < -0.4 is 0 Å². The molecule has 24 heavy (non-hydrogen) atoms. The monoisotopic (exact) mass is 360 g/mol. The van der Waals surface area contributed by atoms with Crippen molar-refractivity contribution in [1.29, 1.82) is 0 Å². The maximum Gasteiger partial charge on any atom is 0.273 e. The van der Waals surface area contributed by atoms with Gasteiger partial charge in [0.15, 0.2) is 6.23 Å². The summed E-state index contributed by atoms with van der Waals surface area (Å²) in [5.74, 6) is -3.39. The number of hydrogen-bond acceptors (Lipinski definition) is 4.